The van der Waals surface area contributed by atoms with Crippen molar-refractivity contribution in [3.05, 3.63) is 53.9 Å². The Morgan fingerprint density at radius 1 is 1.06 bits per heavy atom. The SMILES string of the molecule is Cc1nc(-c2nc(-c3ccc(OC(C)(F)F)cc3)no2)nn1Cc1ccc2c(c1)nnn2C. The molecule has 0 aliphatic heterocycles. The molecule has 0 saturated heterocycles. The van der Waals surface area contributed by atoms with Crippen molar-refractivity contribution in [2.75, 3.05) is 0 Å². The minimum Gasteiger partial charge on any atom is -0.433 e. The van der Waals surface area contributed by atoms with E-state index in [-0.39, 0.29) is 23.3 Å². The third-order valence-electron chi connectivity index (χ3n) is 4.89. The normalized spacial score (nSPS) is 11.9. The molecule has 0 aliphatic rings. The second kappa shape index (κ2) is 7.73. The second-order valence-corrected chi connectivity index (χ2v) is 7.53. The van der Waals surface area contributed by atoms with Crippen molar-refractivity contribution >= 4 is 11.0 Å². The summed E-state index contributed by atoms with van der Waals surface area (Å²) in [4.78, 5) is 8.76. The predicted octanol–water partition coefficient (Wildman–Crippen LogP) is 3.63. The molecule has 0 saturated carbocycles. The molecule has 5 aromatic rings. The quantitative estimate of drug-likeness (QED) is 0.384. The Kier molecular flexibility index (Phi) is 4.84. The van der Waals surface area contributed by atoms with Gasteiger partial charge in [0.2, 0.25) is 11.6 Å². The maximum atomic E-state index is 13.0. The van der Waals surface area contributed by atoms with Gasteiger partial charge in [-0.2, -0.15) is 13.8 Å². The Bertz CT molecular complexity index is 1430. The fourth-order valence-electron chi connectivity index (χ4n) is 3.33. The van der Waals surface area contributed by atoms with Crippen molar-refractivity contribution < 1.29 is 18.0 Å². The third kappa shape index (κ3) is 4.27. The fraction of sp³-hybridized carbons (Fsp3) is 0.238. The molecule has 10 nitrogen and oxygen atoms in total. The van der Waals surface area contributed by atoms with E-state index in [9.17, 15) is 8.78 Å². The highest BCUT2D eigenvalue weighted by Crippen LogP contribution is 2.26. The number of nitrogens with zero attached hydrogens (tertiary/aromatic N) is 8. The van der Waals surface area contributed by atoms with Gasteiger partial charge in [0, 0.05) is 19.5 Å². The molecule has 0 N–H and O–H groups in total. The molecule has 33 heavy (non-hydrogen) atoms. The average Bonchev–Trinajstić information content (AvgIpc) is 3.47. The van der Waals surface area contributed by atoms with E-state index in [4.69, 9.17) is 4.52 Å². The average molecular weight is 452 g/mol. The molecule has 3 aromatic heterocycles. The van der Waals surface area contributed by atoms with E-state index in [2.05, 4.69) is 35.3 Å². The highest BCUT2D eigenvalue weighted by atomic mass is 19.3. The van der Waals surface area contributed by atoms with Gasteiger partial charge in [-0.25, -0.2) is 14.3 Å². The Hall–Kier alpha value is -4.22. The number of hydrogen-bond acceptors (Lipinski definition) is 8. The summed E-state index contributed by atoms with van der Waals surface area (Å²) in [7, 11) is 1.84. The number of fused-ring (bicyclic) bond motifs is 1. The molecule has 12 heteroatoms. The molecule has 0 atom stereocenters. The summed E-state index contributed by atoms with van der Waals surface area (Å²) < 4.78 is 39.3. The zero-order chi connectivity index (χ0) is 23.2. The highest BCUT2D eigenvalue weighted by Gasteiger charge is 2.23. The summed E-state index contributed by atoms with van der Waals surface area (Å²) in [5.41, 5.74) is 3.31. The number of ether oxygens (including phenoxy) is 1. The largest absolute Gasteiger partial charge is 0.433 e. The van der Waals surface area contributed by atoms with Gasteiger partial charge in [-0.1, -0.05) is 16.4 Å². The van der Waals surface area contributed by atoms with Gasteiger partial charge in [-0.05, 0) is 48.9 Å². The monoisotopic (exact) mass is 452 g/mol. The summed E-state index contributed by atoms with van der Waals surface area (Å²) in [6, 6.07) is 11.8. The lowest BCUT2D eigenvalue weighted by molar-refractivity contribution is -0.158. The molecule has 0 amide bonds. The molecule has 3 heterocycles. The second-order valence-electron chi connectivity index (χ2n) is 7.53. The molecule has 2 aromatic carbocycles. The molecule has 168 valence electrons. The van der Waals surface area contributed by atoms with Crippen LogP contribution in [-0.4, -0.2) is 46.0 Å². The van der Waals surface area contributed by atoms with Gasteiger partial charge < -0.3 is 9.26 Å². The van der Waals surface area contributed by atoms with E-state index in [0.29, 0.717) is 24.9 Å². The molecule has 0 radical (unpaired) electrons. The van der Waals surface area contributed by atoms with Gasteiger partial charge in [0.1, 0.15) is 17.1 Å². The van der Waals surface area contributed by atoms with Crippen molar-refractivity contribution in [3.8, 4) is 28.9 Å². The molecule has 0 spiro atoms. The highest BCUT2D eigenvalue weighted by molar-refractivity contribution is 5.74. The van der Waals surface area contributed by atoms with Gasteiger partial charge in [0.05, 0.1) is 12.1 Å². The van der Waals surface area contributed by atoms with E-state index in [1.807, 2.05) is 32.2 Å². The molecule has 0 unspecified atom stereocenters. The zero-order valence-electron chi connectivity index (χ0n) is 17.9. The number of halogens is 2. The Morgan fingerprint density at radius 2 is 1.85 bits per heavy atom. The number of alkyl halides is 2. The van der Waals surface area contributed by atoms with Crippen molar-refractivity contribution in [2.24, 2.45) is 7.05 Å². The van der Waals surface area contributed by atoms with Crippen LogP contribution >= 0.6 is 0 Å². The zero-order valence-corrected chi connectivity index (χ0v) is 17.9. The van der Waals surface area contributed by atoms with Crippen LogP contribution in [0.15, 0.2) is 47.0 Å². The van der Waals surface area contributed by atoms with Crippen LogP contribution in [0.2, 0.25) is 0 Å². The first kappa shape index (κ1) is 20.7. The number of hydrogen-bond donors (Lipinski definition) is 0. The number of aryl methyl sites for hydroxylation is 2. The van der Waals surface area contributed by atoms with Crippen LogP contribution in [0.25, 0.3) is 34.1 Å². The third-order valence-corrected chi connectivity index (χ3v) is 4.89. The van der Waals surface area contributed by atoms with Crippen LogP contribution in [-0.2, 0) is 13.6 Å². The lowest BCUT2D eigenvalue weighted by Gasteiger charge is -2.12. The van der Waals surface area contributed by atoms with Crippen LogP contribution in [0.3, 0.4) is 0 Å². The van der Waals surface area contributed by atoms with Crippen LogP contribution < -0.4 is 4.74 Å². The molecular weight excluding hydrogens is 434 g/mol. The maximum absolute atomic E-state index is 13.0. The lowest BCUT2D eigenvalue weighted by atomic mass is 10.2. The molecule has 5 rings (SSSR count). The molecule has 0 bridgehead atoms. The van der Waals surface area contributed by atoms with Crippen molar-refractivity contribution in [2.45, 2.75) is 26.5 Å². The molecule has 0 fully saturated rings. The molecule has 0 aliphatic carbocycles. The summed E-state index contributed by atoms with van der Waals surface area (Å²) in [5.74, 6) is 1.42. The Balaban J connectivity index is 1.35. The Morgan fingerprint density at radius 3 is 2.61 bits per heavy atom. The molecular formula is C21H18F2N8O2. The van der Waals surface area contributed by atoms with Crippen LogP contribution in [0, 0.1) is 6.92 Å². The van der Waals surface area contributed by atoms with Gasteiger partial charge in [0.15, 0.2) is 0 Å². The summed E-state index contributed by atoms with van der Waals surface area (Å²) in [6.45, 7) is 2.99. The number of aromatic nitrogens is 8. The van der Waals surface area contributed by atoms with E-state index in [1.54, 1.807) is 21.5 Å². The van der Waals surface area contributed by atoms with Crippen LogP contribution in [0.1, 0.15) is 18.3 Å². The first-order valence-corrected chi connectivity index (χ1v) is 9.96. The summed E-state index contributed by atoms with van der Waals surface area (Å²) in [6.07, 6.45) is -3.26. The minimum atomic E-state index is -3.26. The number of benzene rings is 2. The minimum absolute atomic E-state index is 0.0330. The van der Waals surface area contributed by atoms with Crippen LogP contribution in [0.5, 0.6) is 5.75 Å². The van der Waals surface area contributed by atoms with Crippen molar-refractivity contribution in [1.82, 2.24) is 39.9 Å². The van der Waals surface area contributed by atoms with E-state index >= 15 is 0 Å². The van der Waals surface area contributed by atoms with E-state index in [1.165, 1.54) is 12.1 Å². The predicted molar refractivity (Wildman–Crippen MR) is 112 cm³/mol. The smallest absolute Gasteiger partial charge is 0.394 e. The first-order valence-electron chi connectivity index (χ1n) is 9.96. The fourth-order valence-corrected chi connectivity index (χ4v) is 3.33. The van der Waals surface area contributed by atoms with Gasteiger partial charge >= 0.3 is 6.11 Å². The van der Waals surface area contributed by atoms with Crippen molar-refractivity contribution in [3.63, 3.8) is 0 Å². The van der Waals surface area contributed by atoms with E-state index in [0.717, 1.165) is 16.6 Å². The summed E-state index contributed by atoms with van der Waals surface area (Å²) >= 11 is 0. The van der Waals surface area contributed by atoms with Gasteiger partial charge in [-0.15, -0.1) is 10.2 Å². The van der Waals surface area contributed by atoms with Crippen LogP contribution in [0.4, 0.5) is 8.78 Å². The van der Waals surface area contributed by atoms with Crippen molar-refractivity contribution in [1.29, 1.82) is 0 Å². The first-order chi connectivity index (χ1) is 15.7. The topological polar surface area (TPSA) is 110 Å². The lowest BCUT2D eigenvalue weighted by Crippen LogP contribution is -2.18. The maximum Gasteiger partial charge on any atom is 0.394 e. The van der Waals surface area contributed by atoms with Gasteiger partial charge in [0.25, 0.3) is 5.89 Å². The standard InChI is InChI=1S/C21H18F2N8O2/c1-12-24-19(27-31(12)11-13-4-9-17-16(10-13)26-29-30(17)3)20-25-18(28-33-20)14-5-7-15(8-6-14)32-21(2,22)23/h4-10H,11H2,1-3H3. The summed E-state index contributed by atoms with van der Waals surface area (Å²) in [5, 5.41) is 16.6. The number of rotatable bonds is 6. The Labute approximate surface area is 185 Å². The van der Waals surface area contributed by atoms with Gasteiger partial charge in [-0.3, -0.25) is 0 Å². The van der Waals surface area contributed by atoms with E-state index < -0.39 is 6.11 Å².